The van der Waals surface area contributed by atoms with Crippen LogP contribution in [0.3, 0.4) is 0 Å². The number of halogens is 1. The summed E-state index contributed by atoms with van der Waals surface area (Å²) in [6.45, 7) is 1.89. The first kappa shape index (κ1) is 14.8. The molecule has 0 saturated carbocycles. The molecular formula is C15H14FNO4. The third kappa shape index (κ3) is 3.28. The molecule has 0 saturated heterocycles. The highest BCUT2D eigenvalue weighted by molar-refractivity contribution is 6.03. The molecule has 5 nitrogen and oxygen atoms in total. The normalized spacial score (nSPS) is 10.2. The number of furan rings is 1. The fourth-order valence-corrected chi connectivity index (χ4v) is 1.74. The fraction of sp³-hybridized carbons (Fsp3) is 0.200. The number of ether oxygens (including phenoxy) is 1. The number of aryl methyl sites for hydroxylation is 1. The van der Waals surface area contributed by atoms with Gasteiger partial charge in [0.1, 0.15) is 11.6 Å². The number of benzene rings is 1. The Morgan fingerprint density at radius 2 is 2.05 bits per heavy atom. The molecular weight excluding hydrogens is 277 g/mol. The van der Waals surface area contributed by atoms with E-state index in [1.807, 2.05) is 6.92 Å². The van der Waals surface area contributed by atoms with E-state index in [4.69, 9.17) is 4.42 Å². The molecule has 0 bridgehead atoms. The van der Waals surface area contributed by atoms with E-state index in [0.29, 0.717) is 12.2 Å². The first-order valence-electron chi connectivity index (χ1n) is 6.33. The maximum absolute atomic E-state index is 13.7. The lowest BCUT2D eigenvalue weighted by molar-refractivity contribution is 0.0600. The van der Waals surface area contributed by atoms with Gasteiger partial charge in [0.15, 0.2) is 5.76 Å². The molecule has 110 valence electrons. The van der Waals surface area contributed by atoms with Gasteiger partial charge in [0.25, 0.3) is 5.91 Å². The van der Waals surface area contributed by atoms with Gasteiger partial charge in [-0.3, -0.25) is 4.79 Å². The predicted molar refractivity (Wildman–Crippen MR) is 73.8 cm³/mol. The van der Waals surface area contributed by atoms with E-state index in [9.17, 15) is 14.0 Å². The van der Waals surface area contributed by atoms with Gasteiger partial charge in [0.05, 0.1) is 18.4 Å². The zero-order chi connectivity index (χ0) is 15.4. The van der Waals surface area contributed by atoms with Crippen LogP contribution in [0.15, 0.2) is 34.7 Å². The standard InChI is InChI=1S/C15H14FNO4/c1-3-10-5-7-13(21-10)14(18)17-12-8-9(15(19)20-2)4-6-11(12)16/h4-8H,3H2,1-2H3,(H,17,18). The lowest BCUT2D eigenvalue weighted by atomic mass is 10.2. The molecule has 0 radical (unpaired) electrons. The number of anilines is 1. The van der Waals surface area contributed by atoms with Gasteiger partial charge >= 0.3 is 5.97 Å². The van der Waals surface area contributed by atoms with Crippen LogP contribution in [0.25, 0.3) is 0 Å². The topological polar surface area (TPSA) is 68.5 Å². The van der Waals surface area contributed by atoms with Crippen molar-refractivity contribution in [1.82, 2.24) is 0 Å². The summed E-state index contributed by atoms with van der Waals surface area (Å²) in [5.41, 5.74) is 0.0280. The van der Waals surface area contributed by atoms with Gasteiger partial charge < -0.3 is 14.5 Å². The van der Waals surface area contributed by atoms with Crippen molar-refractivity contribution in [3.8, 4) is 0 Å². The smallest absolute Gasteiger partial charge is 0.337 e. The third-order valence-electron chi connectivity index (χ3n) is 2.87. The fourth-order valence-electron chi connectivity index (χ4n) is 1.74. The summed E-state index contributed by atoms with van der Waals surface area (Å²) in [5.74, 6) is -1.12. The van der Waals surface area contributed by atoms with E-state index >= 15 is 0 Å². The van der Waals surface area contributed by atoms with Gasteiger partial charge in [-0.05, 0) is 30.3 Å². The average Bonchev–Trinajstić information content (AvgIpc) is 2.97. The van der Waals surface area contributed by atoms with Crippen LogP contribution in [0.5, 0.6) is 0 Å². The summed E-state index contributed by atoms with van der Waals surface area (Å²) in [7, 11) is 1.22. The lowest BCUT2D eigenvalue weighted by Crippen LogP contribution is -2.13. The van der Waals surface area contributed by atoms with Crippen LogP contribution in [0.1, 0.15) is 33.6 Å². The van der Waals surface area contributed by atoms with Gasteiger partial charge in [0, 0.05) is 6.42 Å². The number of rotatable bonds is 4. The third-order valence-corrected chi connectivity index (χ3v) is 2.87. The van der Waals surface area contributed by atoms with E-state index in [-0.39, 0.29) is 17.0 Å². The number of esters is 1. The second-order valence-electron chi connectivity index (χ2n) is 4.26. The van der Waals surface area contributed by atoms with Crippen LogP contribution in [0.2, 0.25) is 0 Å². The summed E-state index contributed by atoms with van der Waals surface area (Å²) in [5, 5.41) is 2.37. The number of carbonyl (C=O) groups is 2. The molecule has 0 fully saturated rings. The Bertz CT molecular complexity index is 678. The van der Waals surface area contributed by atoms with E-state index in [0.717, 1.165) is 6.07 Å². The van der Waals surface area contributed by atoms with Crippen LogP contribution in [0.4, 0.5) is 10.1 Å². The van der Waals surface area contributed by atoms with Crippen molar-refractivity contribution in [2.45, 2.75) is 13.3 Å². The SMILES string of the molecule is CCc1ccc(C(=O)Nc2cc(C(=O)OC)ccc2F)o1. The largest absolute Gasteiger partial charge is 0.465 e. The maximum Gasteiger partial charge on any atom is 0.337 e. The number of amides is 1. The van der Waals surface area contributed by atoms with Crippen LogP contribution in [-0.4, -0.2) is 19.0 Å². The molecule has 0 spiro atoms. The van der Waals surface area contributed by atoms with E-state index < -0.39 is 17.7 Å². The van der Waals surface area contributed by atoms with Gasteiger partial charge in [-0.25, -0.2) is 9.18 Å². The van der Waals surface area contributed by atoms with E-state index in [2.05, 4.69) is 10.1 Å². The number of hydrogen-bond acceptors (Lipinski definition) is 4. The average molecular weight is 291 g/mol. The summed E-state index contributed by atoms with van der Waals surface area (Å²) in [6, 6.07) is 6.76. The highest BCUT2D eigenvalue weighted by Crippen LogP contribution is 2.18. The minimum absolute atomic E-state index is 0.0784. The molecule has 1 amide bonds. The molecule has 21 heavy (non-hydrogen) atoms. The number of hydrogen-bond donors (Lipinski definition) is 1. The summed E-state index contributed by atoms with van der Waals surface area (Å²) in [4.78, 5) is 23.4. The summed E-state index contributed by atoms with van der Waals surface area (Å²) in [6.07, 6.45) is 0.652. The van der Waals surface area contributed by atoms with Crippen molar-refractivity contribution >= 4 is 17.6 Å². The van der Waals surface area contributed by atoms with Crippen LogP contribution in [-0.2, 0) is 11.2 Å². The molecule has 2 rings (SSSR count). The Hall–Kier alpha value is -2.63. The van der Waals surface area contributed by atoms with E-state index in [1.54, 1.807) is 6.07 Å². The number of methoxy groups -OCH3 is 1. The Morgan fingerprint density at radius 3 is 2.67 bits per heavy atom. The second-order valence-corrected chi connectivity index (χ2v) is 4.26. The quantitative estimate of drug-likeness (QED) is 0.879. The van der Waals surface area contributed by atoms with Gasteiger partial charge in [-0.1, -0.05) is 6.92 Å². The van der Waals surface area contributed by atoms with Gasteiger partial charge in [0.2, 0.25) is 0 Å². The van der Waals surface area contributed by atoms with Crippen LogP contribution >= 0.6 is 0 Å². The Morgan fingerprint density at radius 1 is 1.29 bits per heavy atom. The van der Waals surface area contributed by atoms with Crippen molar-refractivity contribution in [1.29, 1.82) is 0 Å². The Labute approximate surface area is 120 Å². The molecule has 0 aliphatic heterocycles. The van der Waals surface area contributed by atoms with Crippen LogP contribution in [0, 0.1) is 5.82 Å². The summed E-state index contributed by atoms with van der Waals surface area (Å²) >= 11 is 0. The van der Waals surface area contributed by atoms with Gasteiger partial charge in [-0.2, -0.15) is 0 Å². The van der Waals surface area contributed by atoms with Crippen molar-refractivity contribution < 1.29 is 23.1 Å². The highest BCUT2D eigenvalue weighted by Gasteiger charge is 2.15. The zero-order valence-corrected chi connectivity index (χ0v) is 11.6. The second kappa shape index (κ2) is 6.21. The molecule has 0 aliphatic carbocycles. The lowest BCUT2D eigenvalue weighted by Gasteiger charge is -2.07. The van der Waals surface area contributed by atoms with Crippen molar-refractivity contribution in [3.05, 3.63) is 53.2 Å². The molecule has 0 aliphatic rings. The monoisotopic (exact) mass is 291 g/mol. The zero-order valence-electron chi connectivity index (χ0n) is 11.6. The molecule has 2 aromatic rings. The first-order valence-corrected chi connectivity index (χ1v) is 6.33. The molecule has 1 aromatic carbocycles. The van der Waals surface area contributed by atoms with Crippen LogP contribution < -0.4 is 5.32 Å². The maximum atomic E-state index is 13.7. The predicted octanol–water partition coefficient (Wildman–Crippen LogP) is 3.02. The summed E-state index contributed by atoms with van der Waals surface area (Å²) < 4.78 is 23.5. The molecule has 1 aromatic heterocycles. The molecule has 0 atom stereocenters. The minimum Gasteiger partial charge on any atom is -0.465 e. The van der Waals surface area contributed by atoms with Gasteiger partial charge in [-0.15, -0.1) is 0 Å². The highest BCUT2D eigenvalue weighted by atomic mass is 19.1. The number of carbonyl (C=O) groups excluding carboxylic acids is 2. The minimum atomic E-state index is -0.654. The Balaban J connectivity index is 2.22. The number of nitrogens with one attached hydrogen (secondary N) is 1. The Kier molecular flexibility index (Phi) is 4.37. The van der Waals surface area contributed by atoms with Crippen molar-refractivity contribution in [2.24, 2.45) is 0 Å². The molecule has 0 unspecified atom stereocenters. The molecule has 1 N–H and O–H groups in total. The molecule has 6 heteroatoms. The van der Waals surface area contributed by atoms with E-state index in [1.165, 1.54) is 25.3 Å². The first-order chi connectivity index (χ1) is 10.0. The van der Waals surface area contributed by atoms with Crippen molar-refractivity contribution in [2.75, 3.05) is 12.4 Å². The molecule has 1 heterocycles. The van der Waals surface area contributed by atoms with Crippen molar-refractivity contribution in [3.63, 3.8) is 0 Å².